The largest absolute Gasteiger partial charge is 0.465 e. The van der Waals surface area contributed by atoms with E-state index in [4.69, 9.17) is 14.5 Å². The molecule has 1 saturated heterocycles. The van der Waals surface area contributed by atoms with Crippen LogP contribution >= 0.6 is 0 Å². The fraction of sp³-hybridized carbons (Fsp3) is 0.333. The zero-order chi connectivity index (χ0) is 20.2. The molecule has 1 unspecified atom stereocenters. The summed E-state index contributed by atoms with van der Waals surface area (Å²) in [5.41, 5.74) is 3.81. The molecule has 0 spiro atoms. The Labute approximate surface area is 171 Å². The summed E-state index contributed by atoms with van der Waals surface area (Å²) in [4.78, 5) is 20.0. The van der Waals surface area contributed by atoms with E-state index in [-0.39, 0.29) is 5.97 Å². The van der Waals surface area contributed by atoms with Crippen molar-refractivity contribution in [2.45, 2.75) is 25.5 Å². The third kappa shape index (κ3) is 4.02. The van der Waals surface area contributed by atoms with Gasteiger partial charge in [0.2, 0.25) is 0 Å². The standard InChI is InChI=1S/C24H26N2O3/c1-26-14-8-11-18(26)15-29-16-20-22(24(27)28-2)19-12-6-7-13-21(19)25-23(20)17-9-4-3-5-10-17/h3-7,9-10,12-13,18H,8,11,14-16H2,1-2H3. The number of para-hydroxylation sites is 1. The van der Waals surface area contributed by atoms with E-state index in [1.54, 1.807) is 0 Å². The summed E-state index contributed by atoms with van der Waals surface area (Å²) >= 11 is 0. The molecule has 1 fully saturated rings. The second kappa shape index (κ2) is 8.72. The zero-order valence-electron chi connectivity index (χ0n) is 16.9. The van der Waals surface area contributed by atoms with Gasteiger partial charge in [-0.15, -0.1) is 0 Å². The SMILES string of the molecule is COC(=O)c1c(COCC2CCCN2C)c(-c2ccccc2)nc2ccccc12. The predicted octanol–water partition coefficient (Wildman–Crippen LogP) is 4.30. The van der Waals surface area contributed by atoms with Crippen LogP contribution in [0.4, 0.5) is 0 Å². The third-order valence-electron chi connectivity index (χ3n) is 5.66. The molecular weight excluding hydrogens is 364 g/mol. The number of benzene rings is 2. The van der Waals surface area contributed by atoms with Crippen LogP contribution < -0.4 is 0 Å². The molecule has 0 radical (unpaired) electrons. The average Bonchev–Trinajstić information content (AvgIpc) is 3.17. The number of hydrogen-bond acceptors (Lipinski definition) is 5. The lowest BCUT2D eigenvalue weighted by Crippen LogP contribution is -2.29. The molecule has 0 N–H and O–H groups in total. The molecule has 5 nitrogen and oxygen atoms in total. The van der Waals surface area contributed by atoms with Crippen LogP contribution in [0.1, 0.15) is 28.8 Å². The second-order valence-electron chi connectivity index (χ2n) is 7.48. The summed E-state index contributed by atoms with van der Waals surface area (Å²) < 4.78 is 11.3. The van der Waals surface area contributed by atoms with Gasteiger partial charge in [0.1, 0.15) is 0 Å². The van der Waals surface area contributed by atoms with Crippen LogP contribution in [-0.2, 0) is 16.1 Å². The van der Waals surface area contributed by atoms with Gasteiger partial charge in [0.25, 0.3) is 0 Å². The smallest absolute Gasteiger partial charge is 0.338 e. The van der Waals surface area contributed by atoms with Gasteiger partial charge in [-0.2, -0.15) is 0 Å². The van der Waals surface area contributed by atoms with Crippen molar-refractivity contribution in [3.8, 4) is 11.3 Å². The monoisotopic (exact) mass is 390 g/mol. The van der Waals surface area contributed by atoms with Crippen molar-refractivity contribution >= 4 is 16.9 Å². The minimum atomic E-state index is -0.364. The fourth-order valence-electron chi connectivity index (χ4n) is 4.05. The van der Waals surface area contributed by atoms with Crippen molar-refractivity contribution in [1.82, 2.24) is 9.88 Å². The van der Waals surface area contributed by atoms with Gasteiger partial charge in [0.05, 0.1) is 37.1 Å². The van der Waals surface area contributed by atoms with Gasteiger partial charge in [-0.3, -0.25) is 0 Å². The van der Waals surface area contributed by atoms with Crippen molar-refractivity contribution in [2.75, 3.05) is 27.3 Å². The van der Waals surface area contributed by atoms with Crippen LogP contribution in [0.2, 0.25) is 0 Å². The lowest BCUT2D eigenvalue weighted by Gasteiger charge is -2.21. The van der Waals surface area contributed by atoms with Crippen LogP contribution in [-0.4, -0.2) is 49.2 Å². The number of hydrogen-bond donors (Lipinski definition) is 0. The van der Waals surface area contributed by atoms with Gasteiger partial charge in [-0.05, 0) is 32.5 Å². The number of aromatic nitrogens is 1. The van der Waals surface area contributed by atoms with E-state index in [0.29, 0.717) is 24.8 Å². The molecule has 2 aromatic carbocycles. The summed E-state index contributed by atoms with van der Waals surface area (Å²) in [5.74, 6) is -0.364. The van der Waals surface area contributed by atoms with Crippen LogP contribution in [0.25, 0.3) is 22.2 Å². The van der Waals surface area contributed by atoms with E-state index in [1.165, 1.54) is 13.5 Å². The molecule has 0 saturated carbocycles. The topological polar surface area (TPSA) is 51.7 Å². The number of likely N-dealkylation sites (N-methyl/N-ethyl adjacent to an activating group) is 1. The Morgan fingerprint density at radius 1 is 1.14 bits per heavy atom. The van der Waals surface area contributed by atoms with Gasteiger partial charge >= 0.3 is 5.97 Å². The number of likely N-dealkylation sites (tertiary alicyclic amines) is 1. The van der Waals surface area contributed by atoms with Crippen molar-refractivity contribution < 1.29 is 14.3 Å². The maximum atomic E-state index is 12.8. The van der Waals surface area contributed by atoms with E-state index < -0.39 is 0 Å². The summed E-state index contributed by atoms with van der Waals surface area (Å²) in [6, 6.07) is 18.0. The maximum absolute atomic E-state index is 12.8. The summed E-state index contributed by atoms with van der Waals surface area (Å²) in [5, 5.41) is 0.788. The van der Waals surface area contributed by atoms with Crippen LogP contribution in [0, 0.1) is 0 Å². The van der Waals surface area contributed by atoms with Crippen LogP contribution in [0.3, 0.4) is 0 Å². The van der Waals surface area contributed by atoms with Crippen molar-refractivity contribution in [1.29, 1.82) is 0 Å². The second-order valence-corrected chi connectivity index (χ2v) is 7.48. The highest BCUT2D eigenvalue weighted by Crippen LogP contribution is 2.31. The Morgan fingerprint density at radius 2 is 1.90 bits per heavy atom. The molecule has 0 amide bonds. The predicted molar refractivity (Wildman–Crippen MR) is 114 cm³/mol. The Balaban J connectivity index is 1.78. The first kappa shape index (κ1) is 19.6. The molecule has 150 valence electrons. The highest BCUT2D eigenvalue weighted by molar-refractivity contribution is 6.06. The van der Waals surface area contributed by atoms with E-state index in [2.05, 4.69) is 11.9 Å². The molecule has 29 heavy (non-hydrogen) atoms. The first-order valence-corrected chi connectivity index (χ1v) is 10.0. The normalized spacial score (nSPS) is 17.0. The number of fused-ring (bicyclic) bond motifs is 1. The highest BCUT2D eigenvalue weighted by atomic mass is 16.5. The van der Waals surface area contributed by atoms with E-state index in [9.17, 15) is 4.79 Å². The van der Waals surface area contributed by atoms with Crippen molar-refractivity contribution in [3.05, 3.63) is 65.7 Å². The number of rotatable bonds is 6. The molecule has 2 heterocycles. The number of ether oxygens (including phenoxy) is 2. The van der Waals surface area contributed by atoms with Gasteiger partial charge in [0, 0.05) is 22.6 Å². The summed E-state index contributed by atoms with van der Waals surface area (Å²) in [7, 11) is 3.55. The molecule has 4 rings (SSSR count). The number of carbonyl (C=O) groups excluding carboxylic acids is 1. The number of methoxy groups -OCH3 is 1. The van der Waals surface area contributed by atoms with Crippen molar-refractivity contribution in [3.63, 3.8) is 0 Å². The Hall–Kier alpha value is -2.76. The number of esters is 1. The Kier molecular flexibility index (Phi) is 5.88. The molecule has 0 bridgehead atoms. The first-order valence-electron chi connectivity index (χ1n) is 10.0. The lowest BCUT2D eigenvalue weighted by atomic mass is 9.97. The molecule has 1 aliphatic heterocycles. The minimum Gasteiger partial charge on any atom is -0.465 e. The average molecular weight is 390 g/mol. The summed E-state index contributed by atoms with van der Waals surface area (Å²) in [6.45, 7) is 2.06. The third-order valence-corrected chi connectivity index (χ3v) is 5.66. The number of pyridine rings is 1. The number of nitrogens with zero attached hydrogens (tertiary/aromatic N) is 2. The maximum Gasteiger partial charge on any atom is 0.338 e. The molecule has 3 aromatic rings. The fourth-order valence-corrected chi connectivity index (χ4v) is 4.05. The van der Waals surface area contributed by atoms with Gasteiger partial charge in [0.15, 0.2) is 0 Å². The van der Waals surface area contributed by atoms with E-state index >= 15 is 0 Å². The van der Waals surface area contributed by atoms with Crippen LogP contribution in [0.5, 0.6) is 0 Å². The molecule has 1 aliphatic rings. The van der Waals surface area contributed by atoms with E-state index in [0.717, 1.165) is 40.7 Å². The molecule has 1 aromatic heterocycles. The van der Waals surface area contributed by atoms with Crippen molar-refractivity contribution in [2.24, 2.45) is 0 Å². The quantitative estimate of drug-likeness (QED) is 0.588. The molecule has 5 heteroatoms. The summed E-state index contributed by atoms with van der Waals surface area (Å²) in [6.07, 6.45) is 2.34. The highest BCUT2D eigenvalue weighted by Gasteiger charge is 2.24. The van der Waals surface area contributed by atoms with Crippen LogP contribution in [0.15, 0.2) is 54.6 Å². The lowest BCUT2D eigenvalue weighted by molar-refractivity contribution is 0.0580. The Morgan fingerprint density at radius 3 is 2.62 bits per heavy atom. The first-order chi connectivity index (χ1) is 14.2. The van der Waals surface area contributed by atoms with Gasteiger partial charge in [-0.1, -0.05) is 48.5 Å². The molecule has 1 atom stereocenters. The zero-order valence-corrected chi connectivity index (χ0v) is 16.9. The molecule has 0 aliphatic carbocycles. The van der Waals surface area contributed by atoms with E-state index in [1.807, 2.05) is 54.6 Å². The van der Waals surface area contributed by atoms with Gasteiger partial charge < -0.3 is 14.4 Å². The number of carbonyl (C=O) groups is 1. The molecular formula is C24H26N2O3. The van der Waals surface area contributed by atoms with Gasteiger partial charge in [-0.25, -0.2) is 9.78 Å². The minimum absolute atomic E-state index is 0.316. The Bertz CT molecular complexity index is 1000.